The molecule has 76 valence electrons. The Morgan fingerprint density at radius 2 is 2.36 bits per heavy atom. The molecule has 0 radical (unpaired) electrons. The van der Waals surface area contributed by atoms with E-state index in [0.29, 0.717) is 0 Å². The van der Waals surface area contributed by atoms with Crippen molar-refractivity contribution in [2.45, 2.75) is 12.8 Å². The number of anilines is 1. The fourth-order valence-corrected chi connectivity index (χ4v) is 1.64. The first-order valence-electron chi connectivity index (χ1n) is 4.56. The van der Waals surface area contributed by atoms with Crippen LogP contribution in [0.15, 0.2) is 17.0 Å². The Labute approximate surface area is 90.9 Å². The van der Waals surface area contributed by atoms with Crippen LogP contribution in [-0.4, -0.2) is 28.2 Å². The first-order chi connectivity index (χ1) is 6.76. The number of nitrogens with one attached hydrogen (secondary N) is 1. The monoisotopic (exact) mass is 257 g/mol. The zero-order chi connectivity index (χ0) is 10.0. The van der Waals surface area contributed by atoms with Crippen LogP contribution < -0.4 is 5.32 Å². The topological polar surface area (TPSA) is 58.0 Å². The van der Waals surface area contributed by atoms with Crippen LogP contribution in [0.3, 0.4) is 0 Å². The third-order valence-electron chi connectivity index (χ3n) is 2.59. The summed E-state index contributed by atoms with van der Waals surface area (Å²) in [5.41, 5.74) is 0.102. The standard InChI is InChI=1S/C9H12BrN3O/c10-7-3-11-6-13-8(7)12-4-9(5-14)1-2-9/h3,6,14H,1-2,4-5H2,(H,11,12,13). The number of aliphatic hydroxyl groups is 1. The van der Waals surface area contributed by atoms with E-state index in [-0.39, 0.29) is 12.0 Å². The van der Waals surface area contributed by atoms with Crippen molar-refractivity contribution in [3.63, 3.8) is 0 Å². The summed E-state index contributed by atoms with van der Waals surface area (Å²) in [5.74, 6) is 0.791. The average molecular weight is 258 g/mol. The van der Waals surface area contributed by atoms with Crippen LogP contribution in [0.4, 0.5) is 5.82 Å². The van der Waals surface area contributed by atoms with Crippen LogP contribution in [0.2, 0.25) is 0 Å². The molecule has 0 spiro atoms. The Bertz CT molecular complexity index is 328. The Kier molecular flexibility index (Phi) is 2.69. The van der Waals surface area contributed by atoms with Gasteiger partial charge in [0.25, 0.3) is 0 Å². The van der Waals surface area contributed by atoms with Crippen molar-refractivity contribution in [1.82, 2.24) is 9.97 Å². The van der Waals surface area contributed by atoms with Gasteiger partial charge in [0.1, 0.15) is 12.1 Å². The molecule has 0 saturated heterocycles. The molecule has 1 aromatic heterocycles. The van der Waals surface area contributed by atoms with E-state index in [1.54, 1.807) is 6.20 Å². The Morgan fingerprint density at radius 1 is 1.57 bits per heavy atom. The van der Waals surface area contributed by atoms with Crippen molar-refractivity contribution in [3.8, 4) is 0 Å². The Morgan fingerprint density at radius 3 is 2.93 bits per heavy atom. The van der Waals surface area contributed by atoms with Gasteiger partial charge in [-0.3, -0.25) is 0 Å². The van der Waals surface area contributed by atoms with Gasteiger partial charge in [0.05, 0.1) is 11.1 Å². The van der Waals surface area contributed by atoms with Crippen molar-refractivity contribution < 1.29 is 5.11 Å². The van der Waals surface area contributed by atoms with Gasteiger partial charge in [-0.25, -0.2) is 9.97 Å². The molecule has 2 N–H and O–H groups in total. The predicted molar refractivity (Wildman–Crippen MR) is 57.0 cm³/mol. The molecule has 0 bridgehead atoms. The minimum atomic E-state index is 0.102. The number of hydrogen-bond donors (Lipinski definition) is 2. The van der Waals surface area contributed by atoms with Crippen LogP contribution in [0, 0.1) is 5.41 Å². The number of hydrogen-bond acceptors (Lipinski definition) is 4. The first-order valence-corrected chi connectivity index (χ1v) is 5.35. The van der Waals surface area contributed by atoms with Gasteiger partial charge < -0.3 is 10.4 Å². The van der Waals surface area contributed by atoms with E-state index in [2.05, 4.69) is 31.2 Å². The lowest BCUT2D eigenvalue weighted by molar-refractivity contribution is 0.219. The number of aliphatic hydroxyl groups excluding tert-OH is 1. The highest BCUT2D eigenvalue weighted by molar-refractivity contribution is 9.10. The largest absolute Gasteiger partial charge is 0.396 e. The van der Waals surface area contributed by atoms with Gasteiger partial charge in [0.15, 0.2) is 0 Å². The van der Waals surface area contributed by atoms with Crippen LogP contribution in [0.5, 0.6) is 0 Å². The molecule has 0 aromatic carbocycles. The molecule has 14 heavy (non-hydrogen) atoms. The zero-order valence-corrected chi connectivity index (χ0v) is 9.29. The summed E-state index contributed by atoms with van der Waals surface area (Å²) < 4.78 is 0.855. The molecular formula is C9H12BrN3O. The molecule has 0 unspecified atom stereocenters. The normalized spacial score (nSPS) is 17.9. The second-order valence-corrected chi connectivity index (χ2v) is 4.59. The Hall–Kier alpha value is -0.680. The fraction of sp³-hybridized carbons (Fsp3) is 0.556. The second-order valence-electron chi connectivity index (χ2n) is 3.73. The molecule has 0 amide bonds. The lowest BCUT2D eigenvalue weighted by atomic mass is 10.1. The summed E-state index contributed by atoms with van der Waals surface area (Å²) >= 11 is 3.36. The molecule has 1 saturated carbocycles. The van der Waals surface area contributed by atoms with Crippen molar-refractivity contribution in [1.29, 1.82) is 0 Å². The fourth-order valence-electron chi connectivity index (χ4n) is 1.28. The molecule has 0 aliphatic heterocycles. The van der Waals surface area contributed by atoms with E-state index in [1.807, 2.05) is 0 Å². The minimum Gasteiger partial charge on any atom is -0.396 e. The van der Waals surface area contributed by atoms with Crippen molar-refractivity contribution in [3.05, 3.63) is 17.0 Å². The summed E-state index contributed by atoms with van der Waals surface area (Å²) in [5, 5.41) is 12.3. The second kappa shape index (κ2) is 3.82. The number of aromatic nitrogens is 2. The highest BCUT2D eigenvalue weighted by Crippen LogP contribution is 2.45. The van der Waals surface area contributed by atoms with Gasteiger partial charge in [-0.15, -0.1) is 0 Å². The number of nitrogens with zero attached hydrogens (tertiary/aromatic N) is 2. The van der Waals surface area contributed by atoms with Crippen LogP contribution >= 0.6 is 15.9 Å². The molecule has 1 aliphatic rings. The average Bonchev–Trinajstić information content (AvgIpc) is 2.98. The number of rotatable bonds is 4. The van der Waals surface area contributed by atoms with Gasteiger partial charge in [-0.2, -0.15) is 0 Å². The molecule has 1 aliphatic carbocycles. The van der Waals surface area contributed by atoms with Crippen LogP contribution in [-0.2, 0) is 0 Å². The maximum absolute atomic E-state index is 9.12. The summed E-state index contributed by atoms with van der Waals surface area (Å²) in [4.78, 5) is 7.97. The van der Waals surface area contributed by atoms with Crippen LogP contribution in [0.25, 0.3) is 0 Å². The molecule has 1 fully saturated rings. The van der Waals surface area contributed by atoms with Gasteiger partial charge in [-0.05, 0) is 28.8 Å². The van der Waals surface area contributed by atoms with Gasteiger partial charge in [0, 0.05) is 18.2 Å². The van der Waals surface area contributed by atoms with Gasteiger partial charge >= 0.3 is 0 Å². The first kappa shape index (κ1) is 9.86. The van der Waals surface area contributed by atoms with Crippen molar-refractivity contribution in [2.24, 2.45) is 5.41 Å². The molecule has 4 nitrogen and oxygen atoms in total. The van der Waals surface area contributed by atoms with E-state index in [0.717, 1.165) is 29.7 Å². The van der Waals surface area contributed by atoms with Crippen molar-refractivity contribution in [2.75, 3.05) is 18.5 Å². The minimum absolute atomic E-state index is 0.102. The smallest absolute Gasteiger partial charge is 0.143 e. The quantitative estimate of drug-likeness (QED) is 0.857. The third-order valence-corrected chi connectivity index (χ3v) is 3.17. The van der Waals surface area contributed by atoms with Crippen LogP contribution in [0.1, 0.15) is 12.8 Å². The predicted octanol–water partition coefficient (Wildman–Crippen LogP) is 1.42. The molecule has 1 aromatic rings. The lowest BCUT2D eigenvalue weighted by Gasteiger charge is -2.13. The maximum Gasteiger partial charge on any atom is 0.143 e. The third kappa shape index (κ3) is 2.04. The summed E-state index contributed by atoms with van der Waals surface area (Å²) in [6.07, 6.45) is 5.40. The van der Waals surface area contributed by atoms with E-state index in [1.165, 1.54) is 6.33 Å². The summed E-state index contributed by atoms with van der Waals surface area (Å²) in [6.45, 7) is 1.03. The van der Waals surface area contributed by atoms with E-state index >= 15 is 0 Å². The lowest BCUT2D eigenvalue weighted by Crippen LogP contribution is -2.19. The highest BCUT2D eigenvalue weighted by Gasteiger charge is 2.41. The number of halogens is 1. The summed E-state index contributed by atoms with van der Waals surface area (Å²) in [6, 6.07) is 0. The SMILES string of the molecule is OCC1(CNc2ncncc2Br)CC1. The molecular weight excluding hydrogens is 246 g/mol. The van der Waals surface area contributed by atoms with E-state index < -0.39 is 0 Å². The zero-order valence-electron chi connectivity index (χ0n) is 7.70. The molecule has 1 heterocycles. The summed E-state index contributed by atoms with van der Waals surface area (Å²) in [7, 11) is 0. The van der Waals surface area contributed by atoms with E-state index in [9.17, 15) is 0 Å². The van der Waals surface area contributed by atoms with E-state index in [4.69, 9.17) is 5.11 Å². The Balaban J connectivity index is 1.95. The maximum atomic E-state index is 9.12. The highest BCUT2D eigenvalue weighted by atomic mass is 79.9. The molecule has 5 heteroatoms. The van der Waals surface area contributed by atoms with Crippen molar-refractivity contribution >= 4 is 21.7 Å². The van der Waals surface area contributed by atoms with Gasteiger partial charge in [0.2, 0.25) is 0 Å². The molecule has 2 rings (SSSR count). The molecule has 0 atom stereocenters. The van der Waals surface area contributed by atoms with Gasteiger partial charge in [-0.1, -0.05) is 0 Å².